The summed E-state index contributed by atoms with van der Waals surface area (Å²) in [6.07, 6.45) is 2.16. The fourth-order valence-electron chi connectivity index (χ4n) is 1.97. The van der Waals surface area contributed by atoms with Gasteiger partial charge in [0.05, 0.1) is 0 Å². The van der Waals surface area contributed by atoms with E-state index in [9.17, 15) is 4.79 Å². The summed E-state index contributed by atoms with van der Waals surface area (Å²) in [6, 6.07) is 6.06. The molecule has 1 heterocycles. The third kappa shape index (κ3) is 2.49. The zero-order valence-electron chi connectivity index (χ0n) is 10.7. The Kier molecular flexibility index (Phi) is 3.58. The zero-order valence-corrected chi connectivity index (χ0v) is 10.7. The van der Waals surface area contributed by atoms with Crippen LogP contribution in [-0.2, 0) is 6.42 Å². The maximum atomic E-state index is 11.8. The first kappa shape index (κ1) is 12.5. The lowest BCUT2D eigenvalue weighted by Crippen LogP contribution is -2.18. The highest BCUT2D eigenvalue weighted by molar-refractivity contribution is 5.60. The molecule has 0 atom stereocenters. The Balaban J connectivity index is 2.46. The van der Waals surface area contributed by atoms with E-state index in [0.717, 1.165) is 11.1 Å². The van der Waals surface area contributed by atoms with Gasteiger partial charge in [0.2, 0.25) is 0 Å². The largest absolute Gasteiger partial charge is 0.330 e. The maximum Gasteiger partial charge on any atom is 0.254 e. The molecular weight excluding hydrogens is 226 g/mol. The number of nitrogens with one attached hydrogen (secondary N) is 1. The van der Waals surface area contributed by atoms with Crippen LogP contribution in [-0.4, -0.2) is 16.5 Å². The summed E-state index contributed by atoms with van der Waals surface area (Å²) in [7, 11) is 0. The average Bonchev–Trinajstić information content (AvgIpc) is 2.32. The molecule has 1 aromatic carbocycles. The first-order valence-electron chi connectivity index (χ1n) is 5.97. The summed E-state index contributed by atoms with van der Waals surface area (Å²) >= 11 is 0. The van der Waals surface area contributed by atoms with Crippen LogP contribution in [0.1, 0.15) is 16.7 Å². The Morgan fingerprint density at radius 2 is 2.11 bits per heavy atom. The number of aromatic amines is 1. The van der Waals surface area contributed by atoms with Crippen molar-refractivity contribution in [2.24, 2.45) is 5.73 Å². The van der Waals surface area contributed by atoms with Gasteiger partial charge in [0.15, 0.2) is 0 Å². The highest BCUT2D eigenvalue weighted by Gasteiger charge is 2.06. The van der Waals surface area contributed by atoms with Crippen molar-refractivity contribution in [1.29, 1.82) is 0 Å². The van der Waals surface area contributed by atoms with Crippen molar-refractivity contribution in [3.63, 3.8) is 0 Å². The molecule has 0 aliphatic rings. The molecule has 0 radical (unpaired) electrons. The Morgan fingerprint density at radius 1 is 1.33 bits per heavy atom. The fraction of sp³-hybridized carbons (Fsp3) is 0.286. The predicted molar refractivity (Wildman–Crippen MR) is 72.5 cm³/mol. The van der Waals surface area contributed by atoms with E-state index in [1.165, 1.54) is 5.56 Å². The lowest BCUT2D eigenvalue weighted by molar-refractivity contribution is 0.923. The average molecular weight is 243 g/mol. The molecular formula is C14H17N3O. The van der Waals surface area contributed by atoms with Crippen molar-refractivity contribution < 1.29 is 0 Å². The van der Waals surface area contributed by atoms with E-state index in [4.69, 9.17) is 5.73 Å². The molecule has 2 rings (SSSR count). The van der Waals surface area contributed by atoms with Crippen LogP contribution >= 0.6 is 0 Å². The molecule has 4 nitrogen and oxygen atoms in total. The van der Waals surface area contributed by atoms with Gasteiger partial charge in [-0.15, -0.1) is 0 Å². The van der Waals surface area contributed by atoms with Gasteiger partial charge < -0.3 is 10.7 Å². The van der Waals surface area contributed by atoms with Crippen molar-refractivity contribution >= 4 is 0 Å². The second kappa shape index (κ2) is 5.14. The van der Waals surface area contributed by atoms with Crippen molar-refractivity contribution in [3.8, 4) is 11.4 Å². The van der Waals surface area contributed by atoms with Crippen LogP contribution in [0.2, 0.25) is 0 Å². The molecule has 3 N–H and O–H groups in total. The molecule has 0 fully saturated rings. The molecule has 0 bridgehead atoms. The van der Waals surface area contributed by atoms with E-state index < -0.39 is 0 Å². The molecule has 94 valence electrons. The number of aryl methyl sites for hydroxylation is 2. The van der Waals surface area contributed by atoms with Gasteiger partial charge in [-0.25, -0.2) is 4.98 Å². The summed E-state index contributed by atoms with van der Waals surface area (Å²) in [5.41, 5.74) is 9.21. The SMILES string of the molecule is Cc1ccc(-c2ncc(CCN)c(=O)[nH]2)c(C)c1. The molecule has 0 unspecified atom stereocenters. The molecule has 0 amide bonds. The third-order valence-electron chi connectivity index (χ3n) is 2.92. The fourth-order valence-corrected chi connectivity index (χ4v) is 1.97. The zero-order chi connectivity index (χ0) is 13.1. The van der Waals surface area contributed by atoms with Crippen LogP contribution in [0.25, 0.3) is 11.4 Å². The van der Waals surface area contributed by atoms with E-state index in [1.54, 1.807) is 6.20 Å². The van der Waals surface area contributed by atoms with Crippen molar-refractivity contribution in [2.75, 3.05) is 6.54 Å². The highest BCUT2D eigenvalue weighted by Crippen LogP contribution is 2.19. The van der Waals surface area contributed by atoms with E-state index in [0.29, 0.717) is 24.4 Å². The Labute approximate surface area is 106 Å². The molecule has 18 heavy (non-hydrogen) atoms. The lowest BCUT2D eigenvalue weighted by atomic mass is 10.1. The van der Waals surface area contributed by atoms with Gasteiger partial charge >= 0.3 is 0 Å². The molecule has 2 aromatic rings. The predicted octanol–water partition coefficient (Wildman–Crippen LogP) is 1.55. The van der Waals surface area contributed by atoms with E-state index in [2.05, 4.69) is 16.0 Å². The molecule has 0 aliphatic carbocycles. The normalized spacial score (nSPS) is 10.6. The van der Waals surface area contributed by atoms with Gasteiger partial charge in [-0.2, -0.15) is 0 Å². The summed E-state index contributed by atoms with van der Waals surface area (Å²) < 4.78 is 0. The first-order valence-corrected chi connectivity index (χ1v) is 5.97. The quantitative estimate of drug-likeness (QED) is 0.859. The van der Waals surface area contributed by atoms with Gasteiger partial charge in [0, 0.05) is 17.3 Å². The van der Waals surface area contributed by atoms with E-state index in [1.807, 2.05) is 26.0 Å². The van der Waals surface area contributed by atoms with E-state index >= 15 is 0 Å². The first-order chi connectivity index (χ1) is 8.61. The van der Waals surface area contributed by atoms with Gasteiger partial charge in [0.25, 0.3) is 5.56 Å². The van der Waals surface area contributed by atoms with Crippen LogP contribution in [0.5, 0.6) is 0 Å². The van der Waals surface area contributed by atoms with Gasteiger partial charge in [-0.3, -0.25) is 4.79 Å². The number of hydrogen-bond acceptors (Lipinski definition) is 3. The summed E-state index contributed by atoms with van der Waals surface area (Å²) in [5.74, 6) is 0.610. The van der Waals surface area contributed by atoms with Gasteiger partial charge in [0.1, 0.15) is 5.82 Å². The standard InChI is InChI=1S/C14H17N3O/c1-9-3-4-12(10(2)7-9)13-16-8-11(5-6-15)14(18)17-13/h3-4,7-8H,5-6,15H2,1-2H3,(H,16,17,18). The third-order valence-corrected chi connectivity index (χ3v) is 2.92. The minimum atomic E-state index is -0.106. The minimum Gasteiger partial charge on any atom is -0.330 e. The number of H-pyrrole nitrogens is 1. The summed E-state index contributed by atoms with van der Waals surface area (Å²) in [5, 5.41) is 0. The minimum absolute atomic E-state index is 0.106. The number of rotatable bonds is 3. The Bertz CT molecular complexity index is 617. The molecule has 0 saturated carbocycles. The van der Waals surface area contributed by atoms with Crippen molar-refractivity contribution in [2.45, 2.75) is 20.3 Å². The number of nitrogens with zero attached hydrogens (tertiary/aromatic N) is 1. The number of aromatic nitrogens is 2. The molecule has 0 aliphatic heterocycles. The monoisotopic (exact) mass is 243 g/mol. The molecule has 1 aromatic heterocycles. The van der Waals surface area contributed by atoms with Crippen LogP contribution < -0.4 is 11.3 Å². The molecule has 4 heteroatoms. The lowest BCUT2D eigenvalue weighted by Gasteiger charge is -2.06. The molecule has 0 spiro atoms. The second-order valence-corrected chi connectivity index (χ2v) is 4.44. The number of benzene rings is 1. The maximum absolute atomic E-state index is 11.8. The Morgan fingerprint density at radius 3 is 2.72 bits per heavy atom. The van der Waals surface area contributed by atoms with Crippen LogP contribution in [0.4, 0.5) is 0 Å². The van der Waals surface area contributed by atoms with Gasteiger partial charge in [-0.1, -0.05) is 23.8 Å². The number of hydrogen-bond donors (Lipinski definition) is 2. The van der Waals surface area contributed by atoms with Crippen LogP contribution in [0.15, 0.2) is 29.2 Å². The Hall–Kier alpha value is -1.94. The number of nitrogens with two attached hydrogens (primary N) is 1. The van der Waals surface area contributed by atoms with Gasteiger partial charge in [-0.05, 0) is 32.4 Å². The van der Waals surface area contributed by atoms with Crippen LogP contribution in [0, 0.1) is 13.8 Å². The topological polar surface area (TPSA) is 71.8 Å². The van der Waals surface area contributed by atoms with E-state index in [-0.39, 0.29) is 5.56 Å². The van der Waals surface area contributed by atoms with Crippen molar-refractivity contribution in [3.05, 3.63) is 51.4 Å². The van der Waals surface area contributed by atoms with Crippen molar-refractivity contribution in [1.82, 2.24) is 9.97 Å². The smallest absolute Gasteiger partial charge is 0.254 e. The second-order valence-electron chi connectivity index (χ2n) is 4.44. The highest BCUT2D eigenvalue weighted by atomic mass is 16.1. The van der Waals surface area contributed by atoms with Crippen LogP contribution in [0.3, 0.4) is 0 Å². The molecule has 0 saturated heterocycles. The summed E-state index contributed by atoms with van der Waals surface area (Å²) in [4.78, 5) is 19.0. The summed E-state index contributed by atoms with van der Waals surface area (Å²) in [6.45, 7) is 4.50.